The van der Waals surface area contributed by atoms with Crippen molar-refractivity contribution in [1.29, 1.82) is 0 Å². The molecular formula is C18H18O3S3. The van der Waals surface area contributed by atoms with Gasteiger partial charge >= 0.3 is 0 Å². The normalized spacial score (nSPS) is 10.7. The van der Waals surface area contributed by atoms with Crippen LogP contribution in [0.25, 0.3) is 0 Å². The summed E-state index contributed by atoms with van der Waals surface area (Å²) in [5.74, 6) is 0.267. The molecule has 24 heavy (non-hydrogen) atoms. The maximum Gasteiger partial charge on any atom is 0.207 e. The number of carbonyl (C=O) groups is 1. The van der Waals surface area contributed by atoms with Crippen LogP contribution in [-0.2, 0) is 9.84 Å². The molecule has 0 saturated carbocycles. The largest absolute Gasteiger partial charge is 0.294 e. The van der Waals surface area contributed by atoms with Crippen LogP contribution >= 0.6 is 22.7 Å². The van der Waals surface area contributed by atoms with E-state index in [0.29, 0.717) is 16.2 Å². The molecule has 1 aromatic carbocycles. The van der Waals surface area contributed by atoms with Gasteiger partial charge in [0.15, 0.2) is 5.78 Å². The number of carbonyl (C=O) groups excluding carboxylic acids is 1. The van der Waals surface area contributed by atoms with E-state index in [-0.39, 0.29) is 5.78 Å². The lowest BCUT2D eigenvalue weighted by atomic mass is 10.1. The lowest BCUT2D eigenvalue weighted by Crippen LogP contribution is -1.99. The van der Waals surface area contributed by atoms with Crippen molar-refractivity contribution in [1.82, 2.24) is 0 Å². The van der Waals surface area contributed by atoms with Crippen LogP contribution in [0.3, 0.4) is 0 Å². The van der Waals surface area contributed by atoms with Crippen molar-refractivity contribution in [3.05, 3.63) is 69.5 Å². The molecule has 2 heterocycles. The Hall–Kier alpha value is -1.76. The highest BCUT2D eigenvalue weighted by Gasteiger charge is 2.16. The second kappa shape index (κ2) is 8.92. The molecule has 0 aliphatic carbocycles. The van der Waals surface area contributed by atoms with E-state index in [0.717, 1.165) is 12.0 Å². The van der Waals surface area contributed by atoms with Crippen molar-refractivity contribution in [2.45, 2.75) is 29.6 Å². The van der Waals surface area contributed by atoms with E-state index in [9.17, 15) is 13.2 Å². The molecule has 0 radical (unpaired) electrons. The van der Waals surface area contributed by atoms with Crippen molar-refractivity contribution < 1.29 is 13.2 Å². The van der Waals surface area contributed by atoms with Gasteiger partial charge in [0.05, 0.1) is 9.79 Å². The molecule has 0 fully saturated rings. The minimum atomic E-state index is -3.29. The summed E-state index contributed by atoms with van der Waals surface area (Å²) in [7, 11) is -3.29. The molecule has 0 spiro atoms. The van der Waals surface area contributed by atoms with Gasteiger partial charge in [0.1, 0.15) is 0 Å². The molecule has 126 valence electrons. The highest BCUT2D eigenvalue weighted by Crippen LogP contribution is 2.22. The highest BCUT2D eigenvalue weighted by molar-refractivity contribution is 7.91. The Morgan fingerprint density at radius 3 is 2.12 bits per heavy atom. The minimum Gasteiger partial charge on any atom is -0.294 e. The third kappa shape index (κ3) is 4.87. The topological polar surface area (TPSA) is 51.2 Å². The Balaban J connectivity index is 0.000000185. The standard InChI is InChI=1S/C10H8O2S2.C8H10OS/c11-14(12,10-6-7-13-8-10)9-4-2-1-3-5-9;1-2-3-8(9)7-4-5-10-6-7/h1-8H;4-6H,2-3H2,1H3. The molecule has 0 amide bonds. The number of thiophene rings is 2. The molecule has 0 saturated heterocycles. The van der Waals surface area contributed by atoms with Gasteiger partial charge in [0, 0.05) is 22.7 Å². The highest BCUT2D eigenvalue weighted by atomic mass is 32.2. The average Bonchev–Trinajstić information content (AvgIpc) is 3.30. The maximum absolute atomic E-state index is 11.9. The third-order valence-corrected chi connectivity index (χ3v) is 6.46. The zero-order valence-electron chi connectivity index (χ0n) is 13.2. The van der Waals surface area contributed by atoms with Crippen molar-refractivity contribution in [2.24, 2.45) is 0 Å². The number of ketones is 1. The summed E-state index contributed by atoms with van der Waals surface area (Å²) < 4.78 is 23.8. The van der Waals surface area contributed by atoms with Gasteiger partial charge in [-0.25, -0.2) is 8.42 Å². The van der Waals surface area contributed by atoms with Gasteiger partial charge < -0.3 is 0 Å². The molecule has 2 aromatic heterocycles. The predicted octanol–water partition coefficient (Wildman–Crippen LogP) is 5.31. The van der Waals surface area contributed by atoms with Crippen LogP contribution in [0.4, 0.5) is 0 Å². The van der Waals surface area contributed by atoms with E-state index in [1.165, 1.54) is 11.3 Å². The van der Waals surface area contributed by atoms with Crippen molar-refractivity contribution >= 4 is 38.3 Å². The lowest BCUT2D eigenvalue weighted by Gasteiger charge is -2.00. The number of hydrogen-bond donors (Lipinski definition) is 0. The Morgan fingerprint density at radius 1 is 0.917 bits per heavy atom. The number of Topliss-reactive ketones (excluding diaryl/α,β-unsaturated/α-hetero) is 1. The van der Waals surface area contributed by atoms with Crippen LogP contribution in [0.15, 0.2) is 73.8 Å². The fourth-order valence-corrected chi connectivity index (χ4v) is 4.91. The lowest BCUT2D eigenvalue weighted by molar-refractivity contribution is 0.0982. The Bertz CT molecular complexity index is 834. The first kappa shape index (κ1) is 18.6. The van der Waals surface area contributed by atoms with E-state index >= 15 is 0 Å². The summed E-state index contributed by atoms with van der Waals surface area (Å²) in [5.41, 5.74) is 0.867. The second-order valence-corrected chi connectivity index (χ2v) is 8.47. The Morgan fingerprint density at radius 2 is 1.58 bits per heavy atom. The molecule has 0 bridgehead atoms. The number of sulfone groups is 1. The van der Waals surface area contributed by atoms with E-state index in [4.69, 9.17) is 0 Å². The van der Waals surface area contributed by atoms with Crippen LogP contribution in [0.2, 0.25) is 0 Å². The van der Waals surface area contributed by atoms with Crippen LogP contribution in [-0.4, -0.2) is 14.2 Å². The van der Waals surface area contributed by atoms with Gasteiger partial charge in [-0.15, -0.1) is 0 Å². The summed E-state index contributed by atoms with van der Waals surface area (Å²) in [4.78, 5) is 11.8. The second-order valence-electron chi connectivity index (χ2n) is 4.96. The van der Waals surface area contributed by atoms with E-state index in [1.807, 2.05) is 23.8 Å². The van der Waals surface area contributed by atoms with Crippen molar-refractivity contribution in [3.63, 3.8) is 0 Å². The van der Waals surface area contributed by atoms with Crippen molar-refractivity contribution in [3.8, 4) is 0 Å². The van der Waals surface area contributed by atoms with Crippen molar-refractivity contribution in [2.75, 3.05) is 0 Å². The first-order chi connectivity index (χ1) is 11.6. The van der Waals surface area contributed by atoms with Crippen LogP contribution in [0.5, 0.6) is 0 Å². The van der Waals surface area contributed by atoms with Gasteiger partial charge in [-0.1, -0.05) is 25.1 Å². The monoisotopic (exact) mass is 378 g/mol. The fourth-order valence-electron chi connectivity index (χ4n) is 1.94. The van der Waals surface area contributed by atoms with E-state index < -0.39 is 9.84 Å². The molecule has 0 aliphatic rings. The third-order valence-electron chi connectivity index (χ3n) is 3.18. The minimum absolute atomic E-state index is 0.267. The zero-order valence-corrected chi connectivity index (χ0v) is 15.7. The zero-order chi connectivity index (χ0) is 17.4. The van der Waals surface area contributed by atoms with Crippen LogP contribution in [0, 0.1) is 0 Å². The maximum atomic E-state index is 11.9. The summed E-state index contributed by atoms with van der Waals surface area (Å²) in [6, 6.07) is 11.9. The molecule has 0 aliphatic heterocycles. The van der Waals surface area contributed by atoms with E-state index in [1.54, 1.807) is 58.5 Å². The quantitative estimate of drug-likeness (QED) is 0.565. The van der Waals surface area contributed by atoms with Gasteiger partial charge in [0.25, 0.3) is 0 Å². The molecule has 0 N–H and O–H groups in total. The molecule has 3 nitrogen and oxygen atoms in total. The summed E-state index contributed by atoms with van der Waals surface area (Å²) in [5, 5.41) is 7.24. The SMILES string of the molecule is CCCC(=O)c1ccsc1.O=S(=O)(c1ccccc1)c1ccsc1. The molecule has 3 aromatic rings. The smallest absolute Gasteiger partial charge is 0.207 e. The van der Waals surface area contributed by atoms with E-state index in [2.05, 4.69) is 0 Å². The molecule has 0 unspecified atom stereocenters. The predicted molar refractivity (Wildman–Crippen MR) is 99.8 cm³/mol. The summed E-state index contributed by atoms with van der Waals surface area (Å²) in [6.07, 6.45) is 1.62. The first-order valence-corrected chi connectivity index (χ1v) is 10.8. The number of hydrogen-bond acceptors (Lipinski definition) is 5. The van der Waals surface area contributed by atoms with Gasteiger partial charge in [0.2, 0.25) is 9.84 Å². The molecule has 0 atom stereocenters. The Labute approximate surface area is 150 Å². The first-order valence-electron chi connectivity index (χ1n) is 7.43. The molecule has 3 rings (SSSR count). The number of rotatable bonds is 5. The fraction of sp³-hybridized carbons (Fsp3) is 0.167. The van der Waals surface area contributed by atoms with Gasteiger partial charge in [-0.3, -0.25) is 4.79 Å². The summed E-state index contributed by atoms with van der Waals surface area (Å²) >= 11 is 2.95. The van der Waals surface area contributed by atoms with Crippen LogP contribution < -0.4 is 0 Å². The average molecular weight is 379 g/mol. The van der Waals surface area contributed by atoms with Gasteiger partial charge in [-0.2, -0.15) is 22.7 Å². The van der Waals surface area contributed by atoms with Gasteiger partial charge in [-0.05, 0) is 41.4 Å². The number of benzene rings is 1. The molecule has 6 heteroatoms. The van der Waals surface area contributed by atoms with Crippen LogP contribution in [0.1, 0.15) is 30.1 Å². The molecular weight excluding hydrogens is 360 g/mol. The summed E-state index contributed by atoms with van der Waals surface area (Å²) in [6.45, 7) is 2.02. The Kier molecular flexibility index (Phi) is 6.90.